The molecule has 0 unspecified atom stereocenters. The zero-order valence-electron chi connectivity index (χ0n) is 21.6. The minimum absolute atomic E-state index is 0.265. The van der Waals surface area contributed by atoms with Crippen LogP contribution in [0, 0.1) is 0 Å². The van der Waals surface area contributed by atoms with Crippen molar-refractivity contribution < 1.29 is 19.1 Å². The standard InChI is InChI=1S/C36H26O4/c37-33-35(27-13-5-1-6-14-27,28-15-7-2-8-16-28)31(39-33)25-21-23-26(24-22-25)32-36(34(38)40-32,29-17-9-3-10-18-29)30-19-11-4-12-20-30/h1-24,31-32H/t31-,32-/m1/s1. The third-order valence-corrected chi connectivity index (χ3v) is 8.34. The van der Waals surface area contributed by atoms with Crippen LogP contribution in [0.15, 0.2) is 146 Å². The second-order valence-corrected chi connectivity index (χ2v) is 10.3. The van der Waals surface area contributed by atoms with Gasteiger partial charge in [-0.2, -0.15) is 0 Å². The summed E-state index contributed by atoms with van der Waals surface area (Å²) in [6.45, 7) is 0. The van der Waals surface area contributed by atoms with Crippen molar-refractivity contribution >= 4 is 11.9 Å². The van der Waals surface area contributed by atoms with Crippen molar-refractivity contribution in [2.75, 3.05) is 0 Å². The highest BCUT2D eigenvalue weighted by Crippen LogP contribution is 2.56. The largest absolute Gasteiger partial charge is 0.454 e. The van der Waals surface area contributed by atoms with E-state index in [1.54, 1.807) is 0 Å². The molecule has 40 heavy (non-hydrogen) atoms. The number of hydrogen-bond donors (Lipinski definition) is 0. The molecule has 0 amide bonds. The van der Waals surface area contributed by atoms with Gasteiger partial charge in [0.1, 0.15) is 0 Å². The molecule has 2 saturated heterocycles. The number of benzene rings is 5. The summed E-state index contributed by atoms with van der Waals surface area (Å²) in [5, 5.41) is 0. The van der Waals surface area contributed by atoms with Gasteiger partial charge < -0.3 is 9.47 Å². The van der Waals surface area contributed by atoms with Gasteiger partial charge >= 0.3 is 11.9 Å². The van der Waals surface area contributed by atoms with Gasteiger partial charge in [-0.25, -0.2) is 0 Å². The Bertz CT molecular complexity index is 1460. The van der Waals surface area contributed by atoms with E-state index in [4.69, 9.17) is 9.47 Å². The Morgan fingerprint density at radius 3 is 0.850 bits per heavy atom. The van der Waals surface area contributed by atoms with E-state index in [9.17, 15) is 9.59 Å². The first-order valence-corrected chi connectivity index (χ1v) is 13.4. The van der Waals surface area contributed by atoms with Crippen LogP contribution in [-0.2, 0) is 29.9 Å². The Balaban J connectivity index is 1.30. The summed E-state index contributed by atoms with van der Waals surface area (Å²) < 4.78 is 11.7. The molecule has 4 heteroatoms. The molecule has 2 fully saturated rings. The Kier molecular flexibility index (Phi) is 5.64. The Labute approximate surface area is 232 Å². The highest BCUT2D eigenvalue weighted by atomic mass is 16.6. The molecule has 0 aliphatic carbocycles. The van der Waals surface area contributed by atoms with E-state index >= 15 is 0 Å². The lowest BCUT2D eigenvalue weighted by Gasteiger charge is -2.48. The molecule has 0 N–H and O–H groups in total. The third kappa shape index (κ3) is 3.32. The van der Waals surface area contributed by atoms with E-state index in [0.29, 0.717) is 0 Å². The fourth-order valence-corrected chi connectivity index (χ4v) is 6.37. The van der Waals surface area contributed by atoms with Gasteiger partial charge in [-0.05, 0) is 33.4 Å². The van der Waals surface area contributed by atoms with Crippen LogP contribution in [0.1, 0.15) is 45.6 Å². The molecule has 7 rings (SSSR count). The van der Waals surface area contributed by atoms with Crippen molar-refractivity contribution in [1.82, 2.24) is 0 Å². The van der Waals surface area contributed by atoms with E-state index in [2.05, 4.69) is 0 Å². The van der Waals surface area contributed by atoms with Crippen LogP contribution >= 0.6 is 0 Å². The summed E-state index contributed by atoms with van der Waals surface area (Å²) in [6.07, 6.45) is -0.980. The molecule has 194 valence electrons. The minimum Gasteiger partial charge on any atom is -0.454 e. The topological polar surface area (TPSA) is 52.6 Å². The van der Waals surface area contributed by atoms with Crippen molar-refractivity contribution in [2.24, 2.45) is 0 Å². The summed E-state index contributed by atoms with van der Waals surface area (Å²) >= 11 is 0. The Hall–Kier alpha value is -4.96. The summed E-state index contributed by atoms with van der Waals surface area (Å²) in [7, 11) is 0. The van der Waals surface area contributed by atoms with Crippen molar-refractivity contribution in [3.63, 3.8) is 0 Å². The maximum absolute atomic E-state index is 13.3. The monoisotopic (exact) mass is 522 g/mol. The zero-order chi connectivity index (χ0) is 27.2. The highest BCUT2D eigenvalue weighted by molar-refractivity contribution is 5.95. The number of rotatable bonds is 6. The molecule has 0 radical (unpaired) electrons. The van der Waals surface area contributed by atoms with Crippen molar-refractivity contribution in [3.8, 4) is 0 Å². The van der Waals surface area contributed by atoms with Crippen molar-refractivity contribution in [1.29, 1.82) is 0 Å². The number of esters is 2. The molecule has 0 aromatic heterocycles. The minimum atomic E-state index is -0.940. The fourth-order valence-electron chi connectivity index (χ4n) is 6.37. The second kappa shape index (κ2) is 9.35. The smallest absolute Gasteiger partial charge is 0.325 e. The molecule has 4 nitrogen and oxygen atoms in total. The molecule has 2 atom stereocenters. The zero-order valence-corrected chi connectivity index (χ0v) is 21.6. The first kappa shape index (κ1) is 24.1. The van der Waals surface area contributed by atoms with Gasteiger partial charge in [0.25, 0.3) is 0 Å². The molecule has 2 heterocycles. The average Bonchev–Trinajstić information content (AvgIpc) is 3.01. The van der Waals surface area contributed by atoms with Crippen molar-refractivity contribution in [2.45, 2.75) is 23.0 Å². The van der Waals surface area contributed by atoms with Gasteiger partial charge in [-0.1, -0.05) is 146 Å². The molecular formula is C36H26O4. The molecule has 2 aliphatic rings. The predicted molar refractivity (Wildman–Crippen MR) is 151 cm³/mol. The average molecular weight is 523 g/mol. The van der Waals surface area contributed by atoms with Gasteiger partial charge in [-0.3, -0.25) is 9.59 Å². The number of cyclic esters (lactones) is 2. The quantitative estimate of drug-likeness (QED) is 0.229. The Morgan fingerprint density at radius 1 is 0.375 bits per heavy atom. The number of hydrogen-bond acceptors (Lipinski definition) is 4. The maximum atomic E-state index is 13.3. The molecular weight excluding hydrogens is 496 g/mol. The van der Waals surface area contributed by atoms with Gasteiger partial charge in [0.05, 0.1) is 0 Å². The van der Waals surface area contributed by atoms with Crippen LogP contribution in [0.5, 0.6) is 0 Å². The normalized spacial score (nSPS) is 20.4. The van der Waals surface area contributed by atoms with E-state index in [1.165, 1.54) is 0 Å². The molecule has 0 spiro atoms. The van der Waals surface area contributed by atoms with Crippen molar-refractivity contribution in [3.05, 3.63) is 179 Å². The van der Waals surface area contributed by atoms with Crippen LogP contribution in [0.2, 0.25) is 0 Å². The lowest BCUT2D eigenvalue weighted by molar-refractivity contribution is -0.188. The summed E-state index contributed by atoms with van der Waals surface area (Å²) in [4.78, 5) is 26.6. The van der Waals surface area contributed by atoms with Crippen LogP contribution in [-0.4, -0.2) is 11.9 Å². The number of carbonyl (C=O) groups is 2. The van der Waals surface area contributed by atoms with Gasteiger partial charge in [0, 0.05) is 0 Å². The fraction of sp³-hybridized carbons (Fsp3) is 0.111. The molecule has 5 aromatic rings. The van der Waals surface area contributed by atoms with Gasteiger partial charge in [0.2, 0.25) is 0 Å². The maximum Gasteiger partial charge on any atom is 0.325 e. The van der Waals surface area contributed by atoms with Crippen LogP contribution in [0.4, 0.5) is 0 Å². The number of carbonyl (C=O) groups excluding carboxylic acids is 2. The van der Waals surface area contributed by atoms with Gasteiger partial charge in [-0.15, -0.1) is 0 Å². The SMILES string of the molecule is O=C1O[C@H](c2ccc([C@H]3OC(=O)C3(c3ccccc3)c3ccccc3)cc2)C1(c1ccccc1)c1ccccc1. The molecule has 0 bridgehead atoms. The second-order valence-electron chi connectivity index (χ2n) is 10.3. The van der Waals surface area contributed by atoms with Crippen LogP contribution in [0.3, 0.4) is 0 Å². The Morgan fingerprint density at radius 2 is 0.625 bits per heavy atom. The molecule has 2 aliphatic heterocycles. The molecule has 0 saturated carbocycles. The van der Waals surface area contributed by atoms with Gasteiger partial charge in [0.15, 0.2) is 23.0 Å². The number of ether oxygens (including phenoxy) is 2. The van der Waals surface area contributed by atoms with E-state index in [1.807, 2.05) is 146 Å². The lowest BCUT2D eigenvalue weighted by Crippen LogP contribution is -2.55. The first-order valence-electron chi connectivity index (χ1n) is 13.4. The lowest BCUT2D eigenvalue weighted by atomic mass is 9.64. The first-order chi connectivity index (χ1) is 19.7. The van der Waals surface area contributed by atoms with E-state index < -0.39 is 23.0 Å². The molecule has 5 aromatic carbocycles. The summed E-state index contributed by atoms with van der Waals surface area (Å²) in [6, 6.07) is 47.2. The summed E-state index contributed by atoms with van der Waals surface area (Å²) in [5.74, 6) is -0.529. The third-order valence-electron chi connectivity index (χ3n) is 8.34. The van der Waals surface area contributed by atoms with Crippen LogP contribution < -0.4 is 0 Å². The van der Waals surface area contributed by atoms with E-state index in [0.717, 1.165) is 33.4 Å². The predicted octanol–water partition coefficient (Wildman–Crippen LogP) is 6.86. The highest BCUT2D eigenvalue weighted by Gasteiger charge is 2.62. The van der Waals surface area contributed by atoms with Crippen LogP contribution in [0.25, 0.3) is 0 Å². The van der Waals surface area contributed by atoms with E-state index in [-0.39, 0.29) is 11.9 Å². The summed E-state index contributed by atoms with van der Waals surface area (Å²) in [5.41, 5.74) is 3.46.